The zero-order chi connectivity index (χ0) is 15.7. The molecule has 114 valence electrons. The first-order chi connectivity index (χ1) is 10.6. The van der Waals surface area contributed by atoms with Gasteiger partial charge >= 0.3 is 0 Å². The summed E-state index contributed by atoms with van der Waals surface area (Å²) in [6.45, 7) is 1.97. The number of nitrogens with one attached hydrogen (secondary N) is 1. The lowest BCUT2D eigenvalue weighted by Crippen LogP contribution is -2.31. The Bertz CT molecular complexity index is 764. The highest BCUT2D eigenvalue weighted by atomic mass is 32.2. The van der Waals surface area contributed by atoms with Gasteiger partial charge in [-0.3, -0.25) is 4.79 Å². The number of hydrazone groups is 1. The number of hydrogen-bond donors (Lipinski definition) is 1. The van der Waals surface area contributed by atoms with Crippen LogP contribution < -0.4 is 5.43 Å². The Morgan fingerprint density at radius 3 is 2.64 bits per heavy atom. The van der Waals surface area contributed by atoms with E-state index in [2.05, 4.69) is 15.5 Å². The summed E-state index contributed by atoms with van der Waals surface area (Å²) >= 11 is 0. The van der Waals surface area contributed by atoms with Gasteiger partial charge < -0.3 is 4.57 Å². The maximum Gasteiger partial charge on any atom is 0.240 e. The second-order valence-corrected chi connectivity index (χ2v) is 6.63. The van der Waals surface area contributed by atoms with Crippen molar-refractivity contribution < 1.29 is 9.00 Å². The van der Waals surface area contributed by atoms with E-state index < -0.39 is 10.8 Å². The molecule has 1 aromatic carbocycles. The number of aromatic nitrogens is 2. The van der Waals surface area contributed by atoms with Gasteiger partial charge in [0.1, 0.15) is 10.8 Å². The van der Waals surface area contributed by atoms with E-state index in [0.717, 1.165) is 11.3 Å². The largest absolute Gasteiger partial charge is 0.327 e. The van der Waals surface area contributed by atoms with Crippen LogP contribution in [0.4, 0.5) is 0 Å². The van der Waals surface area contributed by atoms with Crippen LogP contribution in [-0.2, 0) is 22.6 Å². The summed E-state index contributed by atoms with van der Waals surface area (Å²) in [4.78, 5) is 16.1. The van der Waals surface area contributed by atoms with Crippen molar-refractivity contribution >= 4 is 22.4 Å². The molecule has 0 spiro atoms. The molecule has 22 heavy (non-hydrogen) atoms. The second kappa shape index (κ2) is 5.84. The number of carbonyl (C=O) groups excluding carboxylic acids is 1. The van der Waals surface area contributed by atoms with Crippen molar-refractivity contribution in [2.24, 2.45) is 18.1 Å². The summed E-state index contributed by atoms with van der Waals surface area (Å²) in [5.74, 6) is 0.00314. The van der Waals surface area contributed by atoms with Crippen LogP contribution in [0.15, 0.2) is 51.8 Å². The molecule has 3 rings (SSSR count). The molecule has 1 amide bonds. The van der Waals surface area contributed by atoms with Crippen molar-refractivity contribution in [3.8, 4) is 0 Å². The number of carbonyl (C=O) groups is 1. The molecular formula is C15H16N4O2S. The Balaban J connectivity index is 1.86. The molecule has 2 heterocycles. The first-order valence-electron chi connectivity index (χ1n) is 6.92. The smallest absolute Gasteiger partial charge is 0.240 e. The lowest BCUT2D eigenvalue weighted by molar-refractivity contribution is -0.121. The standard InChI is InChI=1S/C15H16N4O2S/c1-10-9-13(20)17-18-14(10)11-3-5-12(6-4-11)22(21)15-16-7-8-19(15)2/h3-8,10H,9H2,1-2H3,(H,17,20). The van der Waals surface area contributed by atoms with Crippen molar-refractivity contribution in [2.45, 2.75) is 23.4 Å². The van der Waals surface area contributed by atoms with Gasteiger partial charge in [0, 0.05) is 36.7 Å². The molecule has 0 bridgehead atoms. The molecule has 0 fully saturated rings. The first-order valence-corrected chi connectivity index (χ1v) is 8.07. The highest BCUT2D eigenvalue weighted by molar-refractivity contribution is 7.85. The third kappa shape index (κ3) is 2.71. The fourth-order valence-electron chi connectivity index (χ4n) is 2.39. The number of aryl methyl sites for hydroxylation is 1. The Labute approximate surface area is 130 Å². The van der Waals surface area contributed by atoms with Crippen LogP contribution in [0.5, 0.6) is 0 Å². The topological polar surface area (TPSA) is 76.3 Å². The minimum absolute atomic E-state index is 0.0660. The number of imidazole rings is 1. The van der Waals surface area contributed by atoms with E-state index in [4.69, 9.17) is 0 Å². The molecule has 1 aromatic heterocycles. The Morgan fingerprint density at radius 2 is 2.05 bits per heavy atom. The van der Waals surface area contributed by atoms with E-state index in [9.17, 15) is 9.00 Å². The first kappa shape index (κ1) is 14.6. The second-order valence-electron chi connectivity index (χ2n) is 5.25. The lowest BCUT2D eigenvalue weighted by Gasteiger charge is -2.19. The summed E-state index contributed by atoms with van der Waals surface area (Å²) < 4.78 is 14.2. The van der Waals surface area contributed by atoms with E-state index in [-0.39, 0.29) is 11.8 Å². The van der Waals surface area contributed by atoms with E-state index in [1.165, 1.54) is 0 Å². The Kier molecular flexibility index (Phi) is 3.89. The van der Waals surface area contributed by atoms with Crippen molar-refractivity contribution in [1.82, 2.24) is 15.0 Å². The SMILES string of the molecule is CC1CC(=O)NN=C1c1ccc(S(=O)c2nccn2C)cc1. The fourth-order valence-corrected chi connectivity index (χ4v) is 3.46. The van der Waals surface area contributed by atoms with Gasteiger partial charge in [-0.05, 0) is 17.7 Å². The summed E-state index contributed by atoms with van der Waals surface area (Å²) in [6, 6.07) is 7.38. The Morgan fingerprint density at radius 1 is 1.32 bits per heavy atom. The summed E-state index contributed by atoms with van der Waals surface area (Å²) in [5.41, 5.74) is 4.27. The third-order valence-corrected chi connectivity index (χ3v) is 4.99. The predicted octanol–water partition coefficient (Wildman–Crippen LogP) is 1.45. The zero-order valence-corrected chi connectivity index (χ0v) is 13.1. The molecule has 7 heteroatoms. The van der Waals surface area contributed by atoms with Gasteiger partial charge in [0.25, 0.3) is 0 Å². The van der Waals surface area contributed by atoms with Crippen molar-refractivity contribution in [1.29, 1.82) is 0 Å². The van der Waals surface area contributed by atoms with E-state index in [1.807, 2.05) is 38.2 Å². The molecule has 1 aliphatic heterocycles. The average molecular weight is 316 g/mol. The summed E-state index contributed by atoms with van der Waals surface area (Å²) in [5, 5.41) is 4.64. The maximum atomic E-state index is 12.5. The van der Waals surface area contributed by atoms with Crippen LogP contribution in [0.2, 0.25) is 0 Å². The molecule has 0 radical (unpaired) electrons. The van der Waals surface area contributed by atoms with Crippen LogP contribution in [-0.4, -0.2) is 25.4 Å². The Hall–Kier alpha value is -2.28. The number of amides is 1. The van der Waals surface area contributed by atoms with Crippen LogP contribution in [0.3, 0.4) is 0 Å². The van der Waals surface area contributed by atoms with Crippen LogP contribution in [0.25, 0.3) is 0 Å². The van der Waals surface area contributed by atoms with Crippen molar-refractivity contribution in [2.75, 3.05) is 0 Å². The fraction of sp³-hybridized carbons (Fsp3) is 0.267. The molecular weight excluding hydrogens is 300 g/mol. The quantitative estimate of drug-likeness (QED) is 0.931. The monoisotopic (exact) mass is 316 g/mol. The molecule has 6 nitrogen and oxygen atoms in total. The highest BCUT2D eigenvalue weighted by Crippen LogP contribution is 2.19. The third-order valence-electron chi connectivity index (χ3n) is 3.57. The molecule has 2 aromatic rings. The minimum atomic E-state index is -1.31. The van der Waals surface area contributed by atoms with Crippen LogP contribution >= 0.6 is 0 Å². The number of nitrogens with zero attached hydrogens (tertiary/aromatic N) is 3. The number of benzene rings is 1. The van der Waals surface area contributed by atoms with Gasteiger partial charge in [-0.15, -0.1) is 0 Å². The van der Waals surface area contributed by atoms with Gasteiger partial charge in [-0.2, -0.15) is 5.10 Å². The van der Waals surface area contributed by atoms with Gasteiger partial charge in [-0.1, -0.05) is 19.1 Å². The van der Waals surface area contributed by atoms with Gasteiger partial charge in [-0.25, -0.2) is 14.6 Å². The van der Waals surface area contributed by atoms with Crippen molar-refractivity contribution in [3.05, 3.63) is 42.2 Å². The number of rotatable bonds is 3. The molecule has 0 saturated heterocycles. The average Bonchev–Trinajstić information content (AvgIpc) is 2.93. The zero-order valence-electron chi connectivity index (χ0n) is 12.3. The molecule has 2 unspecified atom stereocenters. The van der Waals surface area contributed by atoms with Crippen LogP contribution in [0, 0.1) is 5.92 Å². The minimum Gasteiger partial charge on any atom is -0.327 e. The molecule has 0 saturated carbocycles. The summed E-state index contributed by atoms with van der Waals surface area (Å²) in [7, 11) is 0.503. The number of hydrogen-bond acceptors (Lipinski definition) is 4. The molecule has 1 N–H and O–H groups in total. The highest BCUT2D eigenvalue weighted by Gasteiger charge is 2.21. The molecule has 0 aliphatic carbocycles. The maximum absolute atomic E-state index is 12.5. The molecule has 1 aliphatic rings. The van der Waals surface area contributed by atoms with Gasteiger partial charge in [0.05, 0.1) is 5.71 Å². The van der Waals surface area contributed by atoms with Gasteiger partial charge in [0.2, 0.25) is 11.1 Å². The van der Waals surface area contributed by atoms with E-state index in [0.29, 0.717) is 16.5 Å². The van der Waals surface area contributed by atoms with Gasteiger partial charge in [0.15, 0.2) is 0 Å². The molecule has 2 atom stereocenters. The van der Waals surface area contributed by atoms with E-state index in [1.54, 1.807) is 17.0 Å². The summed E-state index contributed by atoms with van der Waals surface area (Å²) in [6.07, 6.45) is 3.82. The lowest BCUT2D eigenvalue weighted by atomic mass is 9.94. The van der Waals surface area contributed by atoms with Crippen molar-refractivity contribution in [3.63, 3.8) is 0 Å². The predicted molar refractivity (Wildman–Crippen MR) is 82.8 cm³/mol. The van der Waals surface area contributed by atoms with E-state index >= 15 is 0 Å². The normalized spacial score (nSPS) is 19.5. The van der Waals surface area contributed by atoms with Crippen LogP contribution in [0.1, 0.15) is 18.9 Å².